The van der Waals surface area contributed by atoms with Crippen LogP contribution in [0.25, 0.3) is 6.08 Å². The highest BCUT2D eigenvalue weighted by atomic mass is 16.5. The molecule has 1 N–H and O–H groups in total. The van der Waals surface area contributed by atoms with Crippen LogP contribution in [0.15, 0.2) is 42.5 Å². The van der Waals surface area contributed by atoms with Gasteiger partial charge in [-0.2, -0.15) is 0 Å². The van der Waals surface area contributed by atoms with Gasteiger partial charge in [0.05, 0.1) is 6.61 Å². The molecule has 0 unspecified atom stereocenters. The molecule has 0 saturated carbocycles. The Morgan fingerprint density at radius 2 is 2.16 bits per heavy atom. The molecule has 1 aliphatic heterocycles. The van der Waals surface area contributed by atoms with E-state index in [1.165, 1.54) is 6.08 Å². The Morgan fingerprint density at radius 1 is 1.36 bits per heavy atom. The highest BCUT2D eigenvalue weighted by molar-refractivity contribution is 6.02. The molecule has 1 atom stereocenters. The van der Waals surface area contributed by atoms with Crippen LogP contribution >= 0.6 is 0 Å². The summed E-state index contributed by atoms with van der Waals surface area (Å²) in [6.07, 6.45) is 4.35. The van der Waals surface area contributed by atoms with Crippen molar-refractivity contribution >= 4 is 17.7 Å². The third-order valence-corrected chi connectivity index (χ3v) is 4.15. The van der Waals surface area contributed by atoms with E-state index in [0.29, 0.717) is 6.61 Å². The minimum Gasteiger partial charge on any atom is -0.493 e. The zero-order valence-corrected chi connectivity index (χ0v) is 14.8. The lowest BCUT2D eigenvalue weighted by molar-refractivity contribution is -0.111. The van der Waals surface area contributed by atoms with Crippen LogP contribution in [0.2, 0.25) is 0 Å². The fourth-order valence-corrected chi connectivity index (χ4v) is 2.92. The van der Waals surface area contributed by atoms with E-state index in [1.54, 1.807) is 6.08 Å². The van der Waals surface area contributed by atoms with Gasteiger partial charge in [0.2, 0.25) is 5.91 Å². The fraction of sp³-hybridized carbons (Fsp3) is 0.286. The molecule has 0 spiro atoms. The Morgan fingerprint density at radius 3 is 2.92 bits per heavy atom. The molecular formula is C21H23NO3. The number of ether oxygens (including phenoxy) is 2. The van der Waals surface area contributed by atoms with Gasteiger partial charge in [-0.3, -0.25) is 4.79 Å². The number of rotatable bonds is 5. The highest BCUT2D eigenvalue weighted by Gasteiger charge is 2.21. The van der Waals surface area contributed by atoms with E-state index in [0.717, 1.165) is 40.3 Å². The third kappa shape index (κ3) is 4.02. The number of carbonyl (C=O) groups is 1. The van der Waals surface area contributed by atoms with E-state index in [-0.39, 0.29) is 12.0 Å². The van der Waals surface area contributed by atoms with Crippen molar-refractivity contribution < 1.29 is 14.3 Å². The lowest BCUT2D eigenvalue weighted by atomic mass is 10.1. The van der Waals surface area contributed by atoms with Crippen LogP contribution in [-0.4, -0.2) is 18.6 Å². The SMILES string of the molecule is CCOc1cc2c(cc1/C=C/C(=O)Nc1ccccc1C)O[C@H](C)C2. The molecule has 0 fully saturated rings. The Hall–Kier alpha value is -2.75. The van der Waals surface area contributed by atoms with Crippen LogP contribution in [-0.2, 0) is 11.2 Å². The quantitative estimate of drug-likeness (QED) is 0.824. The summed E-state index contributed by atoms with van der Waals surface area (Å²) in [5, 5.41) is 2.89. The van der Waals surface area contributed by atoms with Crippen LogP contribution in [0.3, 0.4) is 0 Å². The smallest absolute Gasteiger partial charge is 0.248 e. The van der Waals surface area contributed by atoms with E-state index in [1.807, 2.05) is 57.2 Å². The molecule has 0 bridgehead atoms. The standard InChI is InChI=1S/C21H23NO3/c1-4-24-19-13-17-11-15(3)25-20(17)12-16(19)9-10-21(23)22-18-8-6-5-7-14(18)2/h5-10,12-13,15H,4,11H2,1-3H3,(H,22,23)/b10-9+/t15-/m1/s1. The molecule has 3 rings (SSSR count). The topological polar surface area (TPSA) is 47.6 Å². The second-order valence-electron chi connectivity index (χ2n) is 6.20. The first-order chi connectivity index (χ1) is 12.1. The number of benzene rings is 2. The monoisotopic (exact) mass is 337 g/mol. The molecular weight excluding hydrogens is 314 g/mol. The van der Waals surface area contributed by atoms with Crippen LogP contribution in [0.5, 0.6) is 11.5 Å². The lowest BCUT2D eigenvalue weighted by Gasteiger charge is -2.10. The largest absolute Gasteiger partial charge is 0.493 e. The number of fused-ring (bicyclic) bond motifs is 1. The first kappa shape index (κ1) is 17.1. The molecule has 4 heteroatoms. The van der Waals surface area contributed by atoms with E-state index < -0.39 is 0 Å². The Bertz CT molecular complexity index is 811. The fourth-order valence-electron chi connectivity index (χ4n) is 2.92. The molecule has 0 aromatic heterocycles. The third-order valence-electron chi connectivity index (χ3n) is 4.15. The van der Waals surface area contributed by atoms with E-state index in [9.17, 15) is 4.79 Å². The molecule has 1 amide bonds. The Kier molecular flexibility index (Phi) is 5.08. The maximum atomic E-state index is 12.2. The summed E-state index contributed by atoms with van der Waals surface area (Å²) in [6.45, 7) is 6.53. The number of para-hydroxylation sites is 1. The van der Waals surface area contributed by atoms with Gasteiger partial charge in [0.15, 0.2) is 0 Å². The number of amides is 1. The summed E-state index contributed by atoms with van der Waals surface area (Å²) in [7, 11) is 0. The first-order valence-electron chi connectivity index (χ1n) is 8.58. The maximum Gasteiger partial charge on any atom is 0.248 e. The molecule has 0 aliphatic carbocycles. The molecule has 0 radical (unpaired) electrons. The molecule has 4 nitrogen and oxygen atoms in total. The average molecular weight is 337 g/mol. The Balaban J connectivity index is 1.79. The van der Waals surface area contributed by atoms with Crippen molar-refractivity contribution in [1.82, 2.24) is 0 Å². The number of anilines is 1. The zero-order chi connectivity index (χ0) is 17.8. The normalized spacial score (nSPS) is 15.7. The van der Waals surface area contributed by atoms with Crippen LogP contribution < -0.4 is 14.8 Å². The lowest BCUT2D eigenvalue weighted by Crippen LogP contribution is -2.08. The van der Waals surface area contributed by atoms with E-state index in [4.69, 9.17) is 9.47 Å². The van der Waals surface area contributed by atoms with Gasteiger partial charge in [0, 0.05) is 29.3 Å². The molecule has 25 heavy (non-hydrogen) atoms. The van der Waals surface area contributed by atoms with Crippen molar-refractivity contribution in [2.24, 2.45) is 0 Å². The minimum atomic E-state index is -0.175. The number of hydrogen-bond acceptors (Lipinski definition) is 3. The number of hydrogen-bond donors (Lipinski definition) is 1. The minimum absolute atomic E-state index is 0.174. The van der Waals surface area contributed by atoms with Gasteiger partial charge < -0.3 is 14.8 Å². The summed E-state index contributed by atoms with van der Waals surface area (Å²) in [5.74, 6) is 1.47. The van der Waals surface area contributed by atoms with Crippen LogP contribution in [0, 0.1) is 6.92 Å². The van der Waals surface area contributed by atoms with Crippen molar-refractivity contribution in [1.29, 1.82) is 0 Å². The molecule has 1 heterocycles. The molecule has 0 saturated heterocycles. The van der Waals surface area contributed by atoms with Crippen molar-refractivity contribution in [2.75, 3.05) is 11.9 Å². The van der Waals surface area contributed by atoms with Crippen LogP contribution in [0.1, 0.15) is 30.5 Å². The summed E-state index contributed by atoms with van der Waals surface area (Å²) >= 11 is 0. The molecule has 1 aliphatic rings. The van der Waals surface area contributed by atoms with Crippen molar-refractivity contribution in [3.8, 4) is 11.5 Å². The van der Waals surface area contributed by atoms with Gasteiger partial charge >= 0.3 is 0 Å². The second kappa shape index (κ2) is 7.43. The summed E-state index contributed by atoms with van der Waals surface area (Å²) in [4.78, 5) is 12.2. The number of nitrogens with one attached hydrogen (secondary N) is 1. The van der Waals surface area contributed by atoms with Gasteiger partial charge in [0.25, 0.3) is 0 Å². The van der Waals surface area contributed by atoms with Crippen molar-refractivity contribution in [3.63, 3.8) is 0 Å². The van der Waals surface area contributed by atoms with Crippen molar-refractivity contribution in [2.45, 2.75) is 33.3 Å². The number of carbonyl (C=O) groups excluding carboxylic acids is 1. The van der Waals surface area contributed by atoms with E-state index >= 15 is 0 Å². The van der Waals surface area contributed by atoms with Gasteiger partial charge in [-0.25, -0.2) is 0 Å². The predicted octanol–water partition coefficient (Wildman–Crippen LogP) is 4.37. The Labute approximate surface area is 148 Å². The zero-order valence-electron chi connectivity index (χ0n) is 14.8. The first-order valence-corrected chi connectivity index (χ1v) is 8.58. The van der Waals surface area contributed by atoms with Gasteiger partial charge in [-0.15, -0.1) is 0 Å². The van der Waals surface area contributed by atoms with Crippen molar-refractivity contribution in [3.05, 3.63) is 59.2 Å². The van der Waals surface area contributed by atoms with Gasteiger partial charge in [-0.05, 0) is 50.6 Å². The maximum absolute atomic E-state index is 12.2. The summed E-state index contributed by atoms with van der Waals surface area (Å²) in [5.41, 5.74) is 3.83. The van der Waals surface area contributed by atoms with Crippen LogP contribution in [0.4, 0.5) is 5.69 Å². The highest BCUT2D eigenvalue weighted by Crippen LogP contribution is 2.35. The number of aryl methyl sites for hydroxylation is 1. The van der Waals surface area contributed by atoms with Gasteiger partial charge in [-0.1, -0.05) is 18.2 Å². The second-order valence-corrected chi connectivity index (χ2v) is 6.20. The van der Waals surface area contributed by atoms with Gasteiger partial charge in [0.1, 0.15) is 17.6 Å². The molecule has 2 aromatic rings. The average Bonchev–Trinajstić information content (AvgIpc) is 2.94. The summed E-state index contributed by atoms with van der Waals surface area (Å²) < 4.78 is 11.5. The molecule has 130 valence electrons. The summed E-state index contributed by atoms with van der Waals surface area (Å²) in [6, 6.07) is 11.7. The predicted molar refractivity (Wildman–Crippen MR) is 100 cm³/mol. The van der Waals surface area contributed by atoms with E-state index in [2.05, 4.69) is 5.32 Å². The molecule has 2 aromatic carbocycles.